The minimum absolute atomic E-state index is 0.0365. The third-order valence-electron chi connectivity index (χ3n) is 5.37. The molecular formula is C25H31N3O3. The van der Waals surface area contributed by atoms with Crippen molar-refractivity contribution in [3.63, 3.8) is 0 Å². The van der Waals surface area contributed by atoms with Crippen molar-refractivity contribution in [2.45, 2.75) is 20.4 Å². The molecule has 0 atom stereocenters. The van der Waals surface area contributed by atoms with Gasteiger partial charge in [0, 0.05) is 37.5 Å². The quantitative estimate of drug-likeness (QED) is 0.547. The number of hydrogen-bond acceptors (Lipinski definition) is 5. The maximum absolute atomic E-state index is 12.4. The number of hydrogen-bond donors (Lipinski definition) is 0. The first-order valence-corrected chi connectivity index (χ1v) is 10.4. The van der Waals surface area contributed by atoms with Crippen molar-refractivity contribution < 1.29 is 14.3 Å². The van der Waals surface area contributed by atoms with Gasteiger partial charge in [0.1, 0.15) is 17.0 Å². The van der Waals surface area contributed by atoms with Crippen LogP contribution in [-0.2, 0) is 11.3 Å². The number of benzene rings is 2. The first-order valence-electron chi connectivity index (χ1n) is 10.4. The van der Waals surface area contributed by atoms with Crippen molar-refractivity contribution in [1.82, 2.24) is 14.8 Å². The van der Waals surface area contributed by atoms with Gasteiger partial charge in [-0.3, -0.25) is 4.79 Å². The molecule has 0 unspecified atom stereocenters. The SMILES string of the molecule is COc1ccc(OC)c2nc(-c3ccc(C)cc3)c(CN(CCN(C)C)C(C)=O)cc12. The summed E-state index contributed by atoms with van der Waals surface area (Å²) < 4.78 is 11.2. The maximum Gasteiger partial charge on any atom is 0.219 e. The highest BCUT2D eigenvalue weighted by Gasteiger charge is 2.18. The Morgan fingerprint density at radius 3 is 2.19 bits per heavy atom. The van der Waals surface area contributed by atoms with Gasteiger partial charge in [-0.2, -0.15) is 0 Å². The fourth-order valence-corrected chi connectivity index (χ4v) is 3.55. The summed E-state index contributed by atoms with van der Waals surface area (Å²) in [5.41, 5.74) is 4.74. The monoisotopic (exact) mass is 421 g/mol. The lowest BCUT2D eigenvalue weighted by Gasteiger charge is -2.24. The molecule has 6 heteroatoms. The van der Waals surface area contributed by atoms with E-state index in [1.54, 1.807) is 21.1 Å². The number of fused-ring (bicyclic) bond motifs is 1. The van der Waals surface area contributed by atoms with Gasteiger partial charge in [0.2, 0.25) is 5.91 Å². The molecule has 164 valence electrons. The molecule has 31 heavy (non-hydrogen) atoms. The summed E-state index contributed by atoms with van der Waals surface area (Å²) >= 11 is 0. The van der Waals surface area contributed by atoms with E-state index >= 15 is 0 Å². The van der Waals surface area contributed by atoms with Crippen molar-refractivity contribution in [2.24, 2.45) is 0 Å². The molecule has 0 spiro atoms. The summed E-state index contributed by atoms with van der Waals surface area (Å²) in [4.78, 5) is 21.3. The Hall–Kier alpha value is -3.12. The zero-order valence-electron chi connectivity index (χ0n) is 19.2. The van der Waals surface area contributed by atoms with Crippen LogP contribution in [0, 0.1) is 6.92 Å². The van der Waals surface area contributed by atoms with Crippen LogP contribution in [0.5, 0.6) is 11.5 Å². The highest BCUT2D eigenvalue weighted by atomic mass is 16.5. The van der Waals surface area contributed by atoms with Crippen molar-refractivity contribution in [3.05, 3.63) is 53.6 Å². The molecule has 3 aromatic rings. The van der Waals surface area contributed by atoms with Crippen molar-refractivity contribution in [3.8, 4) is 22.8 Å². The fourth-order valence-electron chi connectivity index (χ4n) is 3.55. The van der Waals surface area contributed by atoms with Gasteiger partial charge in [0.25, 0.3) is 0 Å². The lowest BCUT2D eigenvalue weighted by Crippen LogP contribution is -2.34. The summed E-state index contributed by atoms with van der Waals surface area (Å²) in [5, 5.41) is 0.865. The van der Waals surface area contributed by atoms with Gasteiger partial charge in [0.15, 0.2) is 0 Å². The summed E-state index contributed by atoms with van der Waals surface area (Å²) in [6.45, 7) is 5.57. The number of aryl methyl sites for hydroxylation is 1. The topological polar surface area (TPSA) is 54.9 Å². The van der Waals surface area contributed by atoms with Crippen molar-refractivity contribution >= 4 is 16.8 Å². The van der Waals surface area contributed by atoms with Crippen LogP contribution in [0.15, 0.2) is 42.5 Å². The molecule has 0 aliphatic heterocycles. The molecule has 1 amide bonds. The predicted octanol–water partition coefficient (Wildman–Crippen LogP) is 4.14. The molecule has 0 saturated heterocycles. The molecule has 1 aromatic heterocycles. The largest absolute Gasteiger partial charge is 0.496 e. The Balaban J connectivity index is 2.19. The minimum atomic E-state index is 0.0365. The number of carbonyl (C=O) groups is 1. The van der Waals surface area contributed by atoms with Crippen LogP contribution in [0.1, 0.15) is 18.1 Å². The van der Waals surface area contributed by atoms with Crippen LogP contribution in [0.4, 0.5) is 0 Å². The summed E-state index contributed by atoms with van der Waals surface area (Å²) in [6, 6.07) is 14.1. The number of nitrogens with zero attached hydrogens (tertiary/aromatic N) is 3. The summed E-state index contributed by atoms with van der Waals surface area (Å²) in [6.07, 6.45) is 0. The zero-order chi connectivity index (χ0) is 22.5. The molecular weight excluding hydrogens is 390 g/mol. The summed E-state index contributed by atoms with van der Waals surface area (Å²) in [7, 11) is 7.30. The zero-order valence-corrected chi connectivity index (χ0v) is 19.2. The Morgan fingerprint density at radius 2 is 1.61 bits per heavy atom. The molecule has 0 aliphatic carbocycles. The van der Waals surface area contributed by atoms with E-state index in [0.29, 0.717) is 18.8 Å². The Labute approximate surface area is 184 Å². The Kier molecular flexibility index (Phi) is 7.13. The number of pyridine rings is 1. The molecule has 0 radical (unpaired) electrons. The number of carbonyl (C=O) groups excluding carboxylic acids is 1. The van der Waals surface area contributed by atoms with E-state index in [1.165, 1.54) is 5.56 Å². The van der Waals surface area contributed by atoms with Gasteiger partial charge in [-0.25, -0.2) is 4.98 Å². The van der Waals surface area contributed by atoms with Crippen molar-refractivity contribution in [1.29, 1.82) is 0 Å². The van der Waals surface area contributed by atoms with Gasteiger partial charge < -0.3 is 19.3 Å². The van der Waals surface area contributed by atoms with Crippen LogP contribution >= 0.6 is 0 Å². The van der Waals surface area contributed by atoms with E-state index < -0.39 is 0 Å². The van der Waals surface area contributed by atoms with Gasteiger partial charge in [-0.15, -0.1) is 0 Å². The van der Waals surface area contributed by atoms with E-state index in [-0.39, 0.29) is 5.91 Å². The molecule has 3 rings (SSSR count). The average Bonchev–Trinajstić information content (AvgIpc) is 2.75. The number of likely N-dealkylation sites (N-methyl/N-ethyl adjacent to an activating group) is 1. The van der Waals surface area contributed by atoms with Crippen LogP contribution in [0.2, 0.25) is 0 Å². The lowest BCUT2D eigenvalue weighted by atomic mass is 10.0. The van der Waals surface area contributed by atoms with Gasteiger partial charge in [0.05, 0.1) is 19.9 Å². The van der Waals surface area contributed by atoms with E-state index in [0.717, 1.165) is 40.0 Å². The minimum Gasteiger partial charge on any atom is -0.496 e. The van der Waals surface area contributed by atoms with Crippen LogP contribution in [0.3, 0.4) is 0 Å². The average molecular weight is 422 g/mol. The number of amides is 1. The first kappa shape index (κ1) is 22.6. The molecule has 6 nitrogen and oxygen atoms in total. The van der Waals surface area contributed by atoms with E-state index in [4.69, 9.17) is 14.5 Å². The number of ether oxygens (including phenoxy) is 2. The highest BCUT2D eigenvalue weighted by Crippen LogP contribution is 2.36. The Morgan fingerprint density at radius 1 is 0.968 bits per heavy atom. The number of methoxy groups -OCH3 is 2. The van der Waals surface area contributed by atoms with Crippen LogP contribution < -0.4 is 9.47 Å². The molecule has 2 aromatic carbocycles. The fraction of sp³-hybridized carbons (Fsp3) is 0.360. The van der Waals surface area contributed by atoms with Crippen molar-refractivity contribution in [2.75, 3.05) is 41.4 Å². The molecule has 0 bridgehead atoms. The second-order valence-corrected chi connectivity index (χ2v) is 7.97. The second-order valence-electron chi connectivity index (χ2n) is 7.97. The van der Waals surface area contributed by atoms with Crippen LogP contribution in [-0.4, -0.2) is 62.1 Å². The van der Waals surface area contributed by atoms with Gasteiger partial charge >= 0.3 is 0 Å². The first-order chi connectivity index (χ1) is 14.8. The second kappa shape index (κ2) is 9.79. The van der Waals surface area contributed by atoms with E-state index in [9.17, 15) is 4.79 Å². The maximum atomic E-state index is 12.4. The third kappa shape index (κ3) is 5.14. The number of rotatable bonds is 8. The highest BCUT2D eigenvalue weighted by molar-refractivity contribution is 5.93. The van der Waals surface area contributed by atoms with E-state index in [1.807, 2.05) is 31.1 Å². The van der Waals surface area contributed by atoms with Crippen LogP contribution in [0.25, 0.3) is 22.2 Å². The molecule has 0 aliphatic rings. The van der Waals surface area contributed by atoms with E-state index in [2.05, 4.69) is 42.2 Å². The predicted molar refractivity (Wildman–Crippen MR) is 125 cm³/mol. The lowest BCUT2D eigenvalue weighted by molar-refractivity contribution is -0.129. The molecule has 0 saturated carbocycles. The third-order valence-corrected chi connectivity index (χ3v) is 5.37. The molecule has 0 fully saturated rings. The number of aromatic nitrogens is 1. The standard InChI is InChI=1S/C25H31N3O3/c1-17-7-9-19(10-8-17)24-20(16-28(18(2)29)14-13-27(3)4)15-21-22(30-5)11-12-23(31-6)25(21)26-24/h7-12,15H,13-14,16H2,1-6H3. The normalized spacial score (nSPS) is 11.1. The smallest absolute Gasteiger partial charge is 0.219 e. The Bertz CT molecular complexity index is 1060. The van der Waals surface area contributed by atoms with Gasteiger partial charge in [-0.1, -0.05) is 29.8 Å². The summed E-state index contributed by atoms with van der Waals surface area (Å²) in [5.74, 6) is 1.45. The molecule has 0 N–H and O–H groups in total. The molecule has 1 heterocycles. The van der Waals surface area contributed by atoms with Gasteiger partial charge in [-0.05, 0) is 44.8 Å².